The van der Waals surface area contributed by atoms with Crippen molar-refractivity contribution < 1.29 is 14.4 Å². The Bertz CT molecular complexity index is 393. The first-order valence-electron chi connectivity index (χ1n) is 7.03. The molecule has 0 aromatic carbocycles. The van der Waals surface area contributed by atoms with E-state index in [-0.39, 0.29) is 31.3 Å². The van der Waals surface area contributed by atoms with E-state index in [1.165, 1.54) is 0 Å². The van der Waals surface area contributed by atoms with Gasteiger partial charge >= 0.3 is 0 Å². The summed E-state index contributed by atoms with van der Waals surface area (Å²) < 4.78 is 0. The van der Waals surface area contributed by atoms with Crippen LogP contribution in [0.25, 0.3) is 0 Å². The van der Waals surface area contributed by atoms with E-state index in [0.717, 1.165) is 0 Å². The second-order valence-corrected chi connectivity index (χ2v) is 5.48. The van der Waals surface area contributed by atoms with Gasteiger partial charge in [-0.15, -0.1) is 0 Å². The molecule has 5 unspecified atom stereocenters. The van der Waals surface area contributed by atoms with Crippen LogP contribution in [-0.4, -0.2) is 48.9 Å². The van der Waals surface area contributed by atoms with Gasteiger partial charge in [0.05, 0.1) is 6.04 Å². The molecule has 0 aliphatic carbocycles. The molecule has 0 radical (unpaired) electrons. The minimum absolute atomic E-state index is 0.124. The fraction of sp³-hybridized carbons (Fsp3) is 0.750. The lowest BCUT2D eigenvalue weighted by Gasteiger charge is -2.25. The Hall–Kier alpha value is -1.28. The van der Waals surface area contributed by atoms with Gasteiger partial charge in [-0.2, -0.15) is 0 Å². The number of hydrogen-bond acceptors (Lipinski definition) is 6. The molecular formula is C12H27N6O3P. The molecule has 0 saturated heterocycles. The second-order valence-electron chi connectivity index (χ2n) is 5.19. The Morgan fingerprint density at radius 1 is 1.14 bits per heavy atom. The van der Waals surface area contributed by atoms with E-state index in [0.29, 0.717) is 0 Å². The maximum absolute atomic E-state index is 12.0. The molecule has 0 aromatic heterocycles. The van der Waals surface area contributed by atoms with Crippen LogP contribution in [0.5, 0.6) is 0 Å². The van der Waals surface area contributed by atoms with Crippen molar-refractivity contribution in [2.75, 3.05) is 13.1 Å². The number of amides is 3. The van der Waals surface area contributed by atoms with Gasteiger partial charge in [-0.1, -0.05) is 6.92 Å². The molecule has 0 aliphatic rings. The van der Waals surface area contributed by atoms with Crippen molar-refractivity contribution in [2.24, 2.45) is 23.1 Å². The lowest BCUT2D eigenvalue weighted by molar-refractivity contribution is -0.130. The van der Waals surface area contributed by atoms with E-state index in [9.17, 15) is 14.4 Å². The maximum Gasteiger partial charge on any atom is 0.244 e. The van der Waals surface area contributed by atoms with Crippen LogP contribution in [0.3, 0.4) is 0 Å². The average molecular weight is 334 g/mol. The van der Waals surface area contributed by atoms with Gasteiger partial charge in [0.1, 0.15) is 6.04 Å². The minimum Gasteiger partial charge on any atom is -0.354 e. The van der Waals surface area contributed by atoms with E-state index < -0.39 is 29.9 Å². The van der Waals surface area contributed by atoms with Gasteiger partial charge in [-0.3, -0.25) is 14.4 Å². The summed E-state index contributed by atoms with van der Waals surface area (Å²) in [6.07, 6.45) is 0.124. The van der Waals surface area contributed by atoms with Crippen LogP contribution in [0.4, 0.5) is 0 Å². The highest BCUT2D eigenvalue weighted by Gasteiger charge is 2.28. The van der Waals surface area contributed by atoms with E-state index in [4.69, 9.17) is 17.2 Å². The normalized spacial score (nSPS) is 16.1. The lowest BCUT2D eigenvalue weighted by Crippen LogP contribution is -2.59. The van der Waals surface area contributed by atoms with Crippen LogP contribution in [0.1, 0.15) is 20.3 Å². The number of rotatable bonds is 9. The van der Waals surface area contributed by atoms with Crippen LogP contribution >= 0.6 is 9.39 Å². The highest BCUT2D eigenvalue weighted by Crippen LogP contribution is 2.00. The van der Waals surface area contributed by atoms with Crippen molar-refractivity contribution >= 4 is 27.1 Å². The molecule has 22 heavy (non-hydrogen) atoms. The third-order valence-electron chi connectivity index (χ3n) is 3.21. The Balaban J connectivity index is 4.56. The summed E-state index contributed by atoms with van der Waals surface area (Å²) in [4.78, 5) is 35.1. The van der Waals surface area contributed by atoms with Crippen molar-refractivity contribution in [1.82, 2.24) is 15.7 Å². The average Bonchev–Trinajstić information content (AvgIpc) is 2.49. The fourth-order valence-corrected chi connectivity index (χ4v) is 1.72. The Morgan fingerprint density at radius 2 is 1.73 bits per heavy atom. The van der Waals surface area contributed by atoms with Crippen molar-refractivity contribution in [3.63, 3.8) is 0 Å². The molecule has 0 fully saturated rings. The molecule has 0 heterocycles. The zero-order valence-electron chi connectivity index (χ0n) is 13.0. The van der Waals surface area contributed by atoms with Gasteiger partial charge < -0.3 is 32.9 Å². The molecule has 0 saturated carbocycles. The van der Waals surface area contributed by atoms with E-state index in [2.05, 4.69) is 25.1 Å². The monoisotopic (exact) mass is 334 g/mol. The van der Waals surface area contributed by atoms with Gasteiger partial charge in [-0.25, -0.2) is 0 Å². The number of nitrogens with two attached hydrogens (primary N) is 3. The van der Waals surface area contributed by atoms with E-state index in [1.807, 2.05) is 0 Å². The summed E-state index contributed by atoms with van der Waals surface area (Å²) in [5, 5.41) is 7.43. The Morgan fingerprint density at radius 3 is 2.18 bits per heavy atom. The number of carbonyl (C=O) groups is 3. The molecule has 0 spiro atoms. The predicted molar refractivity (Wildman–Crippen MR) is 87.3 cm³/mol. The van der Waals surface area contributed by atoms with Crippen LogP contribution in [0.2, 0.25) is 0 Å². The number of carbonyl (C=O) groups excluding carboxylic acids is 3. The van der Waals surface area contributed by atoms with Crippen molar-refractivity contribution in [2.45, 2.75) is 38.4 Å². The number of nitrogens with one attached hydrogen (secondary N) is 3. The molecule has 0 rings (SSSR count). The van der Waals surface area contributed by atoms with E-state index in [1.54, 1.807) is 13.8 Å². The summed E-state index contributed by atoms with van der Waals surface area (Å²) in [5.41, 5.74) is 17.0. The van der Waals surface area contributed by atoms with Crippen LogP contribution in [0.15, 0.2) is 0 Å². The fourth-order valence-electron chi connectivity index (χ4n) is 1.57. The zero-order chi connectivity index (χ0) is 17.3. The molecule has 0 aliphatic heterocycles. The van der Waals surface area contributed by atoms with Gasteiger partial charge in [0.2, 0.25) is 17.7 Å². The smallest absolute Gasteiger partial charge is 0.244 e. The summed E-state index contributed by atoms with van der Waals surface area (Å²) in [7, 11) is 2.08. The standard InChI is InChI=1S/C12H27N6O3P/c1-6(5-13)9(15)11(20)17-10(7(2)14)12(21)16-4-3-8(19)18-22/h6-7,9-10H,3-5,13-15,22H2,1-2H3,(H,16,21)(H,17,20)(H,18,19). The summed E-state index contributed by atoms with van der Waals surface area (Å²) >= 11 is 0. The summed E-state index contributed by atoms with van der Waals surface area (Å²) in [6, 6.07) is -2.36. The second kappa shape index (κ2) is 10.4. The highest BCUT2D eigenvalue weighted by molar-refractivity contribution is 7.15. The van der Waals surface area contributed by atoms with E-state index >= 15 is 0 Å². The summed E-state index contributed by atoms with van der Waals surface area (Å²) in [5.74, 6) is -1.40. The predicted octanol–water partition coefficient (Wildman–Crippen LogP) is -2.85. The van der Waals surface area contributed by atoms with Crippen LogP contribution in [-0.2, 0) is 14.4 Å². The maximum atomic E-state index is 12.0. The largest absolute Gasteiger partial charge is 0.354 e. The molecule has 0 aromatic rings. The molecule has 0 bridgehead atoms. The topological polar surface area (TPSA) is 165 Å². The van der Waals surface area contributed by atoms with Crippen LogP contribution in [0, 0.1) is 5.92 Å². The third kappa shape index (κ3) is 7.13. The van der Waals surface area contributed by atoms with Gasteiger partial charge in [-0.05, 0) is 28.8 Å². The molecule has 3 amide bonds. The highest BCUT2D eigenvalue weighted by atomic mass is 31.0. The third-order valence-corrected chi connectivity index (χ3v) is 3.53. The summed E-state index contributed by atoms with van der Waals surface area (Å²) in [6.45, 7) is 3.74. The lowest BCUT2D eigenvalue weighted by atomic mass is 10.0. The first-order chi connectivity index (χ1) is 10.2. The molecule has 9 N–H and O–H groups in total. The van der Waals surface area contributed by atoms with Crippen molar-refractivity contribution in [3.8, 4) is 0 Å². The Kier molecular flexibility index (Phi) is 9.84. The molecule has 10 heteroatoms. The zero-order valence-corrected chi connectivity index (χ0v) is 14.1. The van der Waals surface area contributed by atoms with Crippen molar-refractivity contribution in [3.05, 3.63) is 0 Å². The molecule has 5 atom stereocenters. The SMILES string of the molecule is CC(N)C(NC(=O)C(N)C(C)CN)C(=O)NCCC(=O)NP. The van der Waals surface area contributed by atoms with Gasteiger partial charge in [0, 0.05) is 19.0 Å². The quantitative estimate of drug-likeness (QED) is 0.248. The molecule has 128 valence electrons. The van der Waals surface area contributed by atoms with Crippen LogP contribution < -0.4 is 32.9 Å². The first-order valence-corrected chi connectivity index (χ1v) is 7.61. The first kappa shape index (κ1) is 20.7. The van der Waals surface area contributed by atoms with Gasteiger partial charge in [0.15, 0.2) is 0 Å². The minimum atomic E-state index is -0.928. The van der Waals surface area contributed by atoms with Crippen molar-refractivity contribution in [1.29, 1.82) is 0 Å². The molecule has 9 nitrogen and oxygen atoms in total. The Labute approximate surface area is 132 Å². The number of hydrogen-bond donors (Lipinski definition) is 6. The van der Waals surface area contributed by atoms with Gasteiger partial charge in [0.25, 0.3) is 0 Å². The molecular weight excluding hydrogens is 307 g/mol.